The summed E-state index contributed by atoms with van der Waals surface area (Å²) in [5.74, 6) is -1.24. The molecule has 10 heteroatoms. The number of carbonyl (C=O) groups is 3. The van der Waals surface area contributed by atoms with Gasteiger partial charge in [0.25, 0.3) is 5.69 Å². The summed E-state index contributed by atoms with van der Waals surface area (Å²) >= 11 is 0. The number of hydrogen-bond acceptors (Lipinski definition) is 7. The van der Waals surface area contributed by atoms with E-state index in [1.54, 1.807) is 6.07 Å². The Morgan fingerprint density at radius 1 is 1.36 bits per heavy atom. The Kier molecular flexibility index (Phi) is 4.30. The quantitative estimate of drug-likeness (QED) is 0.462. The molecule has 10 nitrogen and oxygen atoms in total. The predicted molar refractivity (Wildman–Crippen MR) is 96.7 cm³/mol. The molecular formula is C18H20N4O6. The van der Waals surface area contributed by atoms with Gasteiger partial charge in [0.05, 0.1) is 24.2 Å². The van der Waals surface area contributed by atoms with E-state index in [2.05, 4.69) is 5.32 Å². The molecule has 0 unspecified atom stereocenters. The van der Waals surface area contributed by atoms with Crippen LogP contribution >= 0.6 is 0 Å². The largest absolute Gasteiger partial charge is 0.377 e. The first-order chi connectivity index (χ1) is 13.4. The fraction of sp³-hybridized carbons (Fsp3) is 0.500. The van der Waals surface area contributed by atoms with Gasteiger partial charge in [-0.25, -0.2) is 4.79 Å². The molecule has 1 spiro atoms. The van der Waals surface area contributed by atoms with Crippen LogP contribution in [0.3, 0.4) is 0 Å². The summed E-state index contributed by atoms with van der Waals surface area (Å²) in [6.45, 7) is 3.04. The van der Waals surface area contributed by atoms with Gasteiger partial charge in [-0.2, -0.15) is 0 Å². The molecule has 0 saturated carbocycles. The molecule has 4 amide bonds. The average molecular weight is 388 g/mol. The van der Waals surface area contributed by atoms with E-state index in [1.807, 2.05) is 11.8 Å². The first kappa shape index (κ1) is 18.4. The number of morpholine rings is 1. The highest BCUT2D eigenvalue weighted by Crippen LogP contribution is 2.46. The van der Waals surface area contributed by atoms with Crippen molar-refractivity contribution >= 4 is 29.2 Å². The molecule has 0 radical (unpaired) electrons. The highest BCUT2D eigenvalue weighted by atomic mass is 16.6. The maximum Gasteiger partial charge on any atom is 0.330 e. The zero-order valence-electron chi connectivity index (χ0n) is 15.3. The predicted octanol–water partition coefficient (Wildman–Crippen LogP) is 0.831. The Labute approximate surface area is 160 Å². The van der Waals surface area contributed by atoms with Gasteiger partial charge in [-0.05, 0) is 18.1 Å². The van der Waals surface area contributed by atoms with Gasteiger partial charge in [0.15, 0.2) is 5.41 Å². The monoisotopic (exact) mass is 388 g/mol. The van der Waals surface area contributed by atoms with E-state index in [9.17, 15) is 24.5 Å². The van der Waals surface area contributed by atoms with E-state index >= 15 is 0 Å². The summed E-state index contributed by atoms with van der Waals surface area (Å²) in [4.78, 5) is 52.4. The lowest BCUT2D eigenvalue weighted by atomic mass is 9.68. The Morgan fingerprint density at radius 3 is 2.86 bits per heavy atom. The summed E-state index contributed by atoms with van der Waals surface area (Å²) in [7, 11) is 0. The molecule has 3 aliphatic heterocycles. The lowest BCUT2D eigenvalue weighted by molar-refractivity contribution is -0.384. The maximum atomic E-state index is 13.4. The lowest BCUT2D eigenvalue weighted by Gasteiger charge is -2.53. The van der Waals surface area contributed by atoms with Crippen molar-refractivity contribution in [1.82, 2.24) is 10.2 Å². The van der Waals surface area contributed by atoms with Crippen LogP contribution in [0.25, 0.3) is 0 Å². The van der Waals surface area contributed by atoms with Gasteiger partial charge < -0.3 is 9.64 Å². The van der Waals surface area contributed by atoms with Crippen molar-refractivity contribution in [1.29, 1.82) is 0 Å². The fourth-order valence-corrected chi connectivity index (χ4v) is 4.41. The normalized spacial score (nSPS) is 26.8. The molecule has 148 valence electrons. The van der Waals surface area contributed by atoms with E-state index in [1.165, 1.54) is 12.1 Å². The van der Waals surface area contributed by atoms with Crippen LogP contribution in [0.5, 0.6) is 0 Å². The van der Waals surface area contributed by atoms with Crippen LogP contribution in [0.2, 0.25) is 0 Å². The lowest BCUT2D eigenvalue weighted by Crippen LogP contribution is -2.73. The van der Waals surface area contributed by atoms with Crippen LogP contribution in [-0.2, 0) is 20.7 Å². The van der Waals surface area contributed by atoms with Crippen molar-refractivity contribution in [3.8, 4) is 0 Å². The molecule has 4 rings (SSSR count). The number of nitro benzene ring substituents is 1. The highest BCUT2D eigenvalue weighted by molar-refractivity contribution is 6.20. The second-order valence-electron chi connectivity index (χ2n) is 7.22. The Hall–Kier alpha value is -3.01. The van der Waals surface area contributed by atoms with Crippen molar-refractivity contribution in [3.63, 3.8) is 0 Å². The van der Waals surface area contributed by atoms with Crippen LogP contribution in [0.1, 0.15) is 18.9 Å². The van der Waals surface area contributed by atoms with Gasteiger partial charge in [-0.1, -0.05) is 6.92 Å². The second kappa shape index (κ2) is 6.55. The summed E-state index contributed by atoms with van der Waals surface area (Å²) in [6, 6.07) is 3.16. The number of nitrogens with one attached hydrogen (secondary N) is 1. The van der Waals surface area contributed by atoms with Crippen molar-refractivity contribution in [2.24, 2.45) is 5.41 Å². The van der Waals surface area contributed by atoms with Crippen LogP contribution in [0, 0.1) is 15.5 Å². The minimum atomic E-state index is -1.56. The second-order valence-corrected chi connectivity index (χ2v) is 7.22. The molecule has 2 saturated heterocycles. The number of amides is 4. The van der Waals surface area contributed by atoms with Gasteiger partial charge >= 0.3 is 6.03 Å². The number of nitrogens with zero attached hydrogens (tertiary/aromatic N) is 3. The molecule has 0 bridgehead atoms. The fourth-order valence-electron chi connectivity index (χ4n) is 4.41. The molecule has 28 heavy (non-hydrogen) atoms. The SMILES string of the molecule is CCCN1C(=O)NC(=O)[C@@]2(Cc3cc([N+](=O)[O-])ccc3N3CCOC[C@H]32)C1=O. The van der Waals surface area contributed by atoms with E-state index < -0.39 is 34.2 Å². The Morgan fingerprint density at radius 2 is 2.14 bits per heavy atom. The minimum Gasteiger partial charge on any atom is -0.377 e. The number of anilines is 1. The smallest absolute Gasteiger partial charge is 0.330 e. The summed E-state index contributed by atoms with van der Waals surface area (Å²) in [5.41, 5.74) is -0.373. The third-order valence-electron chi connectivity index (χ3n) is 5.69. The maximum absolute atomic E-state index is 13.4. The zero-order valence-corrected chi connectivity index (χ0v) is 15.3. The van der Waals surface area contributed by atoms with Crippen molar-refractivity contribution in [2.45, 2.75) is 25.8 Å². The number of barbiturate groups is 1. The van der Waals surface area contributed by atoms with E-state index in [4.69, 9.17) is 4.74 Å². The first-order valence-corrected chi connectivity index (χ1v) is 9.19. The molecule has 1 aromatic rings. The van der Waals surface area contributed by atoms with Gasteiger partial charge in [0.2, 0.25) is 11.8 Å². The first-order valence-electron chi connectivity index (χ1n) is 9.19. The molecule has 1 N–H and O–H groups in total. The zero-order chi connectivity index (χ0) is 20.1. The van der Waals surface area contributed by atoms with Crippen molar-refractivity contribution in [3.05, 3.63) is 33.9 Å². The Balaban J connectivity index is 1.87. The third-order valence-corrected chi connectivity index (χ3v) is 5.69. The number of fused-ring (bicyclic) bond motifs is 4. The summed E-state index contributed by atoms with van der Waals surface area (Å²) in [6.07, 6.45) is 0.531. The third kappa shape index (κ3) is 2.48. The number of ether oxygens (including phenoxy) is 1. The van der Waals surface area contributed by atoms with E-state index in [-0.39, 0.29) is 25.3 Å². The van der Waals surface area contributed by atoms with Gasteiger partial charge in [-0.15, -0.1) is 0 Å². The molecule has 0 aliphatic carbocycles. The molecule has 0 aromatic heterocycles. The summed E-state index contributed by atoms with van der Waals surface area (Å²) in [5, 5.41) is 13.5. The molecule has 3 aliphatic rings. The summed E-state index contributed by atoms with van der Waals surface area (Å²) < 4.78 is 5.58. The highest BCUT2D eigenvalue weighted by Gasteiger charge is 2.62. The number of urea groups is 1. The van der Waals surface area contributed by atoms with Crippen molar-refractivity contribution < 1.29 is 24.0 Å². The molecular weight excluding hydrogens is 368 g/mol. The number of benzene rings is 1. The minimum absolute atomic E-state index is 0.0211. The number of rotatable bonds is 3. The van der Waals surface area contributed by atoms with Crippen LogP contribution in [0.15, 0.2) is 18.2 Å². The number of hydrogen-bond donors (Lipinski definition) is 1. The average Bonchev–Trinajstić information content (AvgIpc) is 2.69. The van der Waals surface area contributed by atoms with E-state index in [0.29, 0.717) is 25.1 Å². The van der Waals surface area contributed by atoms with Gasteiger partial charge in [0, 0.05) is 37.3 Å². The van der Waals surface area contributed by atoms with Gasteiger partial charge in [-0.3, -0.25) is 29.9 Å². The number of nitro groups is 1. The van der Waals surface area contributed by atoms with Crippen LogP contribution in [-0.4, -0.2) is 60.0 Å². The molecule has 2 atom stereocenters. The van der Waals surface area contributed by atoms with Crippen LogP contribution < -0.4 is 10.2 Å². The Bertz CT molecular complexity index is 887. The molecule has 1 aromatic carbocycles. The standard InChI is InChI=1S/C18H20N4O6/c1-2-5-21-16(24)18(15(23)19-17(21)25)9-11-8-12(22(26)27)3-4-13(11)20-6-7-28-10-14(18)20/h3-4,8,14H,2,5-7,9-10H2,1H3,(H,19,23,25)/t14-,18-/m0/s1. The van der Waals surface area contributed by atoms with Gasteiger partial charge in [0.1, 0.15) is 0 Å². The van der Waals surface area contributed by atoms with Crippen molar-refractivity contribution in [2.75, 3.05) is 31.2 Å². The van der Waals surface area contributed by atoms with Crippen LogP contribution in [0.4, 0.5) is 16.2 Å². The number of non-ortho nitro benzene ring substituents is 1. The molecule has 3 heterocycles. The topological polar surface area (TPSA) is 122 Å². The number of carbonyl (C=O) groups excluding carboxylic acids is 3. The van der Waals surface area contributed by atoms with E-state index in [0.717, 1.165) is 10.6 Å². The molecule has 2 fully saturated rings. The number of imide groups is 2.